The first-order valence-corrected chi connectivity index (χ1v) is 2.57. The van der Waals surface area contributed by atoms with Crippen LogP contribution in [0.4, 0.5) is 17.3 Å². The lowest BCUT2D eigenvalue weighted by molar-refractivity contribution is -0.373. The van der Waals surface area contributed by atoms with Gasteiger partial charge in [0.05, 0.1) is 13.2 Å². The molecule has 0 aliphatic carbocycles. The number of ether oxygens (including phenoxy) is 1. The van der Waals surface area contributed by atoms with Crippen LogP contribution < -0.4 is 5.73 Å². The normalized spacial score (nSPS) is 10.2. The van der Waals surface area contributed by atoms with Crippen molar-refractivity contribution in [3.05, 3.63) is 0 Å². The molecule has 0 heterocycles. The molecule has 7 heteroatoms. The zero-order valence-corrected chi connectivity index (χ0v) is 5.62. The van der Waals surface area contributed by atoms with Crippen LogP contribution in [0.1, 0.15) is 0 Å². The summed E-state index contributed by atoms with van der Waals surface area (Å²) >= 11 is 0. The second kappa shape index (κ2) is 6.82. The third-order valence-electron chi connectivity index (χ3n) is 0.348. The smallest absolute Gasteiger partial charge is 0.418 e. The molecule has 3 N–H and O–H groups in total. The van der Waals surface area contributed by atoms with Gasteiger partial charge in [0.25, 0.3) is 0 Å². The Kier molecular flexibility index (Phi) is 8.45. The summed E-state index contributed by atoms with van der Waals surface area (Å²) in [5.41, 5.74) is 3.55. The zero-order valence-electron chi connectivity index (χ0n) is 5.62. The molecule has 0 bridgehead atoms. The van der Waals surface area contributed by atoms with Gasteiger partial charge < -0.3 is 27.7 Å². The van der Waals surface area contributed by atoms with E-state index >= 15 is 0 Å². The quantitative estimate of drug-likeness (QED) is 0.457. The molecule has 0 saturated carbocycles. The fraction of sp³-hybridized carbons (Fsp3) is 1.00. The van der Waals surface area contributed by atoms with Crippen molar-refractivity contribution in [1.29, 1.82) is 0 Å². The van der Waals surface area contributed by atoms with Gasteiger partial charge in [0.1, 0.15) is 0 Å². The van der Waals surface area contributed by atoms with Crippen LogP contribution in [0.5, 0.6) is 0 Å². The fourth-order valence-electron chi connectivity index (χ4n) is 0.144. The maximum absolute atomic E-state index is 9.75. The van der Waals surface area contributed by atoms with E-state index in [1.807, 2.05) is 0 Å². The third-order valence-corrected chi connectivity index (χ3v) is 0.348. The van der Waals surface area contributed by atoms with E-state index < -0.39 is 7.25 Å². The van der Waals surface area contributed by atoms with Gasteiger partial charge in [-0.15, -0.1) is 0 Å². The summed E-state index contributed by atoms with van der Waals surface area (Å²) in [6.45, 7) is 1.65. The van der Waals surface area contributed by atoms with Gasteiger partial charge in [-0.25, -0.2) is 0 Å². The Balaban J connectivity index is 0. The standard InChI is InChI=1S/C3H9NO.BF4/c1-5-3-2-4;2-1(3,4)5/h2-4H2,1H3;/q;-1/p+1. The first-order valence-electron chi connectivity index (χ1n) is 2.57. The molecule has 0 fully saturated rings. The van der Waals surface area contributed by atoms with Crippen molar-refractivity contribution in [1.82, 2.24) is 0 Å². The third kappa shape index (κ3) is 119. The van der Waals surface area contributed by atoms with Crippen LogP contribution in [0.2, 0.25) is 0 Å². The Morgan fingerprint density at radius 1 is 1.30 bits per heavy atom. The second-order valence-electron chi connectivity index (χ2n) is 1.34. The summed E-state index contributed by atoms with van der Waals surface area (Å²) < 4.78 is 43.6. The van der Waals surface area contributed by atoms with Gasteiger partial charge in [-0.2, -0.15) is 0 Å². The SMILES string of the molecule is COCC[NH3+].F[B-](F)(F)F. The molecule has 64 valence electrons. The van der Waals surface area contributed by atoms with E-state index in [1.54, 1.807) is 7.11 Å². The molecule has 2 nitrogen and oxygen atoms in total. The summed E-state index contributed by atoms with van der Waals surface area (Å²) in [6.07, 6.45) is 0. The van der Waals surface area contributed by atoms with Crippen molar-refractivity contribution in [2.45, 2.75) is 0 Å². The predicted molar refractivity (Wildman–Crippen MR) is 29.8 cm³/mol. The number of halogens is 4. The highest BCUT2D eigenvalue weighted by Gasteiger charge is 2.20. The number of hydrogen-bond acceptors (Lipinski definition) is 1. The van der Waals surface area contributed by atoms with Gasteiger partial charge in [-0.05, 0) is 0 Å². The Bertz CT molecular complexity index is 60.0. The number of rotatable bonds is 2. The lowest BCUT2D eigenvalue weighted by Crippen LogP contribution is -2.52. The van der Waals surface area contributed by atoms with Crippen molar-refractivity contribution in [3.63, 3.8) is 0 Å². The van der Waals surface area contributed by atoms with E-state index in [9.17, 15) is 17.3 Å². The minimum absolute atomic E-state index is 0.778. The van der Waals surface area contributed by atoms with Gasteiger partial charge in [0, 0.05) is 7.11 Å². The lowest BCUT2D eigenvalue weighted by Gasteiger charge is -1.94. The topological polar surface area (TPSA) is 36.9 Å². The van der Waals surface area contributed by atoms with Crippen LogP contribution in [-0.2, 0) is 4.74 Å². The average molecular weight is 163 g/mol. The summed E-state index contributed by atoms with van der Waals surface area (Å²) in [5, 5.41) is 0. The largest absolute Gasteiger partial charge is 0.673 e. The predicted octanol–water partition coefficient (Wildman–Crippen LogP) is 0.175. The summed E-state index contributed by atoms with van der Waals surface area (Å²) in [7, 11) is -4.33. The van der Waals surface area contributed by atoms with Crippen molar-refractivity contribution < 1.29 is 27.7 Å². The second-order valence-corrected chi connectivity index (χ2v) is 1.34. The monoisotopic (exact) mass is 163 g/mol. The van der Waals surface area contributed by atoms with Crippen LogP contribution >= 0.6 is 0 Å². The molecule has 0 amide bonds. The average Bonchev–Trinajstić information content (AvgIpc) is 1.63. The Morgan fingerprint density at radius 2 is 1.60 bits per heavy atom. The van der Waals surface area contributed by atoms with E-state index in [4.69, 9.17) is 0 Å². The highest BCUT2D eigenvalue weighted by molar-refractivity contribution is 6.50. The van der Waals surface area contributed by atoms with Crippen molar-refractivity contribution in [2.24, 2.45) is 0 Å². The Labute approximate surface area is 56.4 Å². The van der Waals surface area contributed by atoms with Crippen molar-refractivity contribution in [2.75, 3.05) is 20.3 Å². The summed E-state index contributed by atoms with van der Waals surface area (Å²) in [4.78, 5) is 0. The Hall–Kier alpha value is -0.295. The molecule has 0 spiro atoms. The van der Waals surface area contributed by atoms with Gasteiger partial charge in [0.15, 0.2) is 0 Å². The van der Waals surface area contributed by atoms with Crippen LogP contribution in [0.3, 0.4) is 0 Å². The van der Waals surface area contributed by atoms with Crippen LogP contribution in [-0.4, -0.2) is 27.5 Å². The van der Waals surface area contributed by atoms with Crippen LogP contribution in [0.25, 0.3) is 0 Å². The molecule has 0 aromatic heterocycles. The van der Waals surface area contributed by atoms with Gasteiger partial charge in [-0.3, -0.25) is 0 Å². The highest BCUT2D eigenvalue weighted by Crippen LogP contribution is 2.06. The molecular weight excluding hydrogens is 153 g/mol. The molecule has 0 radical (unpaired) electrons. The molecule has 0 aromatic rings. The molecule has 0 unspecified atom stereocenters. The maximum atomic E-state index is 9.75. The number of methoxy groups -OCH3 is 1. The first-order chi connectivity index (χ1) is 4.41. The van der Waals surface area contributed by atoms with E-state index in [-0.39, 0.29) is 0 Å². The molecule has 0 rings (SSSR count). The highest BCUT2D eigenvalue weighted by atomic mass is 19.5. The molecule has 0 aromatic carbocycles. The van der Waals surface area contributed by atoms with E-state index in [2.05, 4.69) is 10.5 Å². The molecular formula is C3H10BF4NO. The molecule has 0 aliphatic rings. The van der Waals surface area contributed by atoms with E-state index in [0.717, 1.165) is 13.2 Å². The summed E-state index contributed by atoms with van der Waals surface area (Å²) in [5.74, 6) is 0. The number of quaternary nitrogens is 1. The van der Waals surface area contributed by atoms with Gasteiger partial charge >= 0.3 is 7.25 Å². The van der Waals surface area contributed by atoms with Gasteiger partial charge in [-0.1, -0.05) is 0 Å². The van der Waals surface area contributed by atoms with E-state index in [0.29, 0.717) is 0 Å². The molecule has 0 atom stereocenters. The van der Waals surface area contributed by atoms with Crippen molar-refractivity contribution >= 4 is 7.25 Å². The molecule has 10 heavy (non-hydrogen) atoms. The van der Waals surface area contributed by atoms with Gasteiger partial charge in [0.2, 0.25) is 0 Å². The minimum atomic E-state index is -6.00. The number of hydrogen-bond donors (Lipinski definition) is 1. The minimum Gasteiger partial charge on any atom is -0.418 e. The zero-order chi connectivity index (χ0) is 8.62. The molecule has 0 aliphatic heterocycles. The van der Waals surface area contributed by atoms with Crippen LogP contribution in [0, 0.1) is 0 Å². The Morgan fingerprint density at radius 3 is 1.60 bits per heavy atom. The fourth-order valence-corrected chi connectivity index (χ4v) is 0.144. The molecule has 0 saturated heterocycles. The summed E-state index contributed by atoms with van der Waals surface area (Å²) in [6, 6.07) is 0. The first kappa shape index (κ1) is 12.4. The van der Waals surface area contributed by atoms with Crippen molar-refractivity contribution in [3.8, 4) is 0 Å². The van der Waals surface area contributed by atoms with E-state index in [1.165, 1.54) is 0 Å². The maximum Gasteiger partial charge on any atom is 0.673 e. The lowest BCUT2D eigenvalue weighted by atomic mass is 10.3. The van der Waals surface area contributed by atoms with Crippen LogP contribution in [0.15, 0.2) is 0 Å².